The minimum absolute atomic E-state index is 0. The van der Waals surface area contributed by atoms with Crippen LogP contribution in [0.4, 0.5) is 13.2 Å². The molecule has 1 atom stereocenters. The van der Waals surface area contributed by atoms with Crippen molar-refractivity contribution in [3.63, 3.8) is 0 Å². The van der Waals surface area contributed by atoms with Crippen LogP contribution in [-0.4, -0.2) is 6.18 Å². The molecule has 0 saturated heterocycles. The highest BCUT2D eigenvalue weighted by molar-refractivity contribution is 7.16. The van der Waals surface area contributed by atoms with E-state index >= 15 is 0 Å². The van der Waals surface area contributed by atoms with Crippen molar-refractivity contribution in [2.45, 2.75) is 12.2 Å². The lowest BCUT2D eigenvalue weighted by atomic mass is 10.2. The molecule has 1 aromatic heterocycles. The van der Waals surface area contributed by atoms with Crippen molar-refractivity contribution in [1.29, 1.82) is 0 Å². The summed E-state index contributed by atoms with van der Waals surface area (Å²) in [6, 6.07) is 0.758. The summed E-state index contributed by atoms with van der Waals surface area (Å²) in [5.41, 5.74) is 4.91. The molecule has 7 heteroatoms. The topological polar surface area (TPSA) is 26.0 Å². The smallest absolute Gasteiger partial charge is 0.316 e. The standard InChI is InChI=1S/C6H5ClF3NS.ClH/c7-4-2-1-3(12-4)5(11)6(8,9)10;/h1-2,5H,11H2;1H/t5-;/m1./s1. The van der Waals surface area contributed by atoms with Crippen LogP contribution >= 0.6 is 35.3 Å². The molecule has 2 N–H and O–H groups in total. The Morgan fingerprint density at radius 2 is 1.92 bits per heavy atom. The van der Waals surface area contributed by atoms with Crippen molar-refractivity contribution in [2.75, 3.05) is 0 Å². The van der Waals surface area contributed by atoms with Gasteiger partial charge in [0.25, 0.3) is 0 Å². The van der Waals surface area contributed by atoms with Gasteiger partial charge in [0.1, 0.15) is 6.04 Å². The molecule has 1 rings (SSSR count). The van der Waals surface area contributed by atoms with Gasteiger partial charge in [-0.25, -0.2) is 0 Å². The highest BCUT2D eigenvalue weighted by Crippen LogP contribution is 2.35. The Labute approximate surface area is 88.1 Å². The molecule has 0 aliphatic carbocycles. The summed E-state index contributed by atoms with van der Waals surface area (Å²) in [4.78, 5) is 0.0347. The van der Waals surface area contributed by atoms with Gasteiger partial charge in [-0.2, -0.15) is 13.2 Å². The van der Waals surface area contributed by atoms with Crippen LogP contribution in [0.3, 0.4) is 0 Å². The summed E-state index contributed by atoms with van der Waals surface area (Å²) >= 11 is 6.29. The SMILES string of the molecule is Cl.N[C@H](c1ccc(Cl)s1)C(F)(F)F. The molecule has 0 aliphatic heterocycles. The highest BCUT2D eigenvalue weighted by atomic mass is 35.5. The number of hydrogen-bond donors (Lipinski definition) is 1. The maximum absolute atomic E-state index is 12.0. The first-order chi connectivity index (χ1) is 5.41. The van der Waals surface area contributed by atoms with E-state index in [0.717, 1.165) is 11.3 Å². The van der Waals surface area contributed by atoms with Crippen molar-refractivity contribution in [3.05, 3.63) is 21.3 Å². The lowest BCUT2D eigenvalue weighted by Gasteiger charge is -2.12. The van der Waals surface area contributed by atoms with Crippen molar-refractivity contribution in [3.8, 4) is 0 Å². The average Bonchev–Trinajstić information content (AvgIpc) is 2.32. The van der Waals surface area contributed by atoms with Gasteiger partial charge in [0.2, 0.25) is 0 Å². The van der Waals surface area contributed by atoms with Crippen LogP contribution in [0.25, 0.3) is 0 Å². The molecule has 0 radical (unpaired) electrons. The van der Waals surface area contributed by atoms with E-state index in [2.05, 4.69) is 0 Å². The third-order valence-electron chi connectivity index (χ3n) is 1.25. The Balaban J connectivity index is 0.00000144. The molecule has 1 aromatic rings. The second kappa shape index (κ2) is 4.50. The third kappa shape index (κ3) is 3.34. The second-order valence-corrected chi connectivity index (χ2v) is 3.91. The van der Waals surface area contributed by atoms with E-state index in [-0.39, 0.29) is 17.3 Å². The van der Waals surface area contributed by atoms with E-state index in [4.69, 9.17) is 17.3 Å². The number of nitrogens with two attached hydrogens (primary N) is 1. The maximum Gasteiger partial charge on any atom is 0.408 e. The second-order valence-electron chi connectivity index (χ2n) is 2.16. The largest absolute Gasteiger partial charge is 0.408 e. The van der Waals surface area contributed by atoms with Gasteiger partial charge in [-0.15, -0.1) is 23.7 Å². The van der Waals surface area contributed by atoms with Crippen molar-refractivity contribution < 1.29 is 13.2 Å². The molecule has 0 bridgehead atoms. The Morgan fingerprint density at radius 1 is 1.38 bits per heavy atom. The van der Waals surface area contributed by atoms with E-state index in [1.54, 1.807) is 0 Å². The van der Waals surface area contributed by atoms with E-state index in [0.29, 0.717) is 4.34 Å². The van der Waals surface area contributed by atoms with Crippen LogP contribution in [0.2, 0.25) is 4.34 Å². The van der Waals surface area contributed by atoms with Crippen molar-refractivity contribution in [1.82, 2.24) is 0 Å². The third-order valence-corrected chi connectivity index (χ3v) is 2.57. The van der Waals surface area contributed by atoms with Crippen LogP contribution in [0.15, 0.2) is 12.1 Å². The summed E-state index contributed by atoms with van der Waals surface area (Å²) in [7, 11) is 0. The molecule has 1 heterocycles. The molecule has 1 nitrogen and oxygen atoms in total. The van der Waals surface area contributed by atoms with Gasteiger partial charge in [0, 0.05) is 4.88 Å². The van der Waals surface area contributed by atoms with Crippen molar-refractivity contribution in [2.24, 2.45) is 5.73 Å². The fourth-order valence-corrected chi connectivity index (χ4v) is 1.74. The van der Waals surface area contributed by atoms with Gasteiger partial charge in [-0.1, -0.05) is 11.6 Å². The molecule has 0 fully saturated rings. The summed E-state index contributed by atoms with van der Waals surface area (Å²) in [6.45, 7) is 0. The molecule has 0 aromatic carbocycles. The number of rotatable bonds is 1. The molecule has 0 aliphatic rings. The van der Waals surface area contributed by atoms with Crippen LogP contribution in [0.1, 0.15) is 10.9 Å². The minimum atomic E-state index is -4.39. The van der Waals surface area contributed by atoms with E-state index < -0.39 is 12.2 Å². The van der Waals surface area contributed by atoms with Gasteiger partial charge < -0.3 is 5.73 Å². The first kappa shape index (κ1) is 13.0. The monoisotopic (exact) mass is 251 g/mol. The number of thiophene rings is 1. The first-order valence-corrected chi connectivity index (χ1v) is 4.18. The lowest BCUT2D eigenvalue weighted by molar-refractivity contribution is -0.148. The van der Waals surface area contributed by atoms with Crippen molar-refractivity contribution >= 4 is 35.3 Å². The van der Waals surface area contributed by atoms with Gasteiger partial charge >= 0.3 is 6.18 Å². The van der Waals surface area contributed by atoms with Crippen LogP contribution < -0.4 is 5.73 Å². The zero-order valence-electron chi connectivity index (χ0n) is 6.14. The van der Waals surface area contributed by atoms with E-state index in [1.165, 1.54) is 12.1 Å². The van der Waals surface area contributed by atoms with Gasteiger partial charge in [0.15, 0.2) is 0 Å². The fourth-order valence-electron chi connectivity index (χ4n) is 0.657. The van der Waals surface area contributed by atoms with Gasteiger partial charge in [0.05, 0.1) is 4.34 Å². The van der Waals surface area contributed by atoms with E-state index in [1.807, 2.05) is 0 Å². The normalized spacial score (nSPS) is 13.6. The number of alkyl halides is 3. The summed E-state index contributed by atoms with van der Waals surface area (Å²) < 4.78 is 36.3. The van der Waals surface area contributed by atoms with Crippen LogP contribution in [-0.2, 0) is 0 Å². The molecule has 0 spiro atoms. The summed E-state index contributed by atoms with van der Waals surface area (Å²) in [6.07, 6.45) is -4.39. The quantitative estimate of drug-likeness (QED) is 0.814. The lowest BCUT2D eigenvalue weighted by Crippen LogP contribution is -2.27. The zero-order chi connectivity index (χ0) is 9.35. The zero-order valence-corrected chi connectivity index (χ0v) is 8.53. The molecule has 0 saturated carbocycles. The highest BCUT2D eigenvalue weighted by Gasteiger charge is 2.38. The Bertz CT molecular complexity index is 273. The van der Waals surface area contributed by atoms with Crippen LogP contribution in [0.5, 0.6) is 0 Å². The first-order valence-electron chi connectivity index (χ1n) is 2.99. The predicted octanol–water partition coefficient (Wildman–Crippen LogP) is 3.39. The predicted molar refractivity (Wildman–Crippen MR) is 49.6 cm³/mol. The van der Waals surface area contributed by atoms with Gasteiger partial charge in [-0.3, -0.25) is 0 Å². The molecule has 0 unspecified atom stereocenters. The molecular formula is C6H6Cl2F3NS. The molecule has 13 heavy (non-hydrogen) atoms. The summed E-state index contributed by atoms with van der Waals surface area (Å²) in [5, 5.41) is 0. The van der Waals surface area contributed by atoms with E-state index in [9.17, 15) is 13.2 Å². The molecule has 76 valence electrons. The average molecular weight is 252 g/mol. The maximum atomic E-state index is 12.0. The Kier molecular flexibility index (Phi) is 4.51. The molecule has 0 amide bonds. The summed E-state index contributed by atoms with van der Waals surface area (Å²) in [5.74, 6) is 0. The molecular weight excluding hydrogens is 246 g/mol. The number of hydrogen-bond acceptors (Lipinski definition) is 2. The van der Waals surface area contributed by atoms with Gasteiger partial charge in [-0.05, 0) is 12.1 Å². The fraction of sp³-hybridized carbons (Fsp3) is 0.333. The number of halogens is 5. The minimum Gasteiger partial charge on any atom is -0.316 e. The Morgan fingerprint density at radius 3 is 2.23 bits per heavy atom. The van der Waals surface area contributed by atoms with Crippen LogP contribution in [0, 0.1) is 0 Å². The Hall–Kier alpha value is 0.0300.